The third-order valence-electron chi connectivity index (χ3n) is 2.20. The van der Waals surface area contributed by atoms with E-state index in [2.05, 4.69) is 43.3 Å². The Labute approximate surface area is 108 Å². The van der Waals surface area contributed by atoms with Crippen LogP contribution < -0.4 is 5.32 Å². The summed E-state index contributed by atoms with van der Waals surface area (Å²) >= 11 is 3.36. The first-order valence-corrected chi connectivity index (χ1v) is 6.23. The Bertz CT molecular complexity index is 486. The summed E-state index contributed by atoms with van der Waals surface area (Å²) in [5.74, 6) is 1.21. The number of hydrogen-bond acceptors (Lipinski definition) is 5. The Kier molecular flexibility index (Phi) is 4.22. The lowest BCUT2D eigenvalue weighted by atomic mass is 10.3. The number of pyridine rings is 1. The van der Waals surface area contributed by atoms with Crippen molar-refractivity contribution in [2.75, 3.05) is 13.1 Å². The summed E-state index contributed by atoms with van der Waals surface area (Å²) in [6.07, 6.45) is 4.17. The highest BCUT2D eigenvalue weighted by molar-refractivity contribution is 9.10. The molecule has 6 heteroatoms. The van der Waals surface area contributed by atoms with E-state index in [0.717, 1.165) is 29.5 Å². The van der Waals surface area contributed by atoms with E-state index >= 15 is 0 Å². The predicted molar refractivity (Wildman–Crippen MR) is 67.5 cm³/mol. The van der Waals surface area contributed by atoms with Crippen molar-refractivity contribution in [3.05, 3.63) is 28.8 Å². The molecule has 0 aliphatic rings. The molecule has 90 valence electrons. The van der Waals surface area contributed by atoms with Crippen molar-refractivity contribution in [1.29, 1.82) is 0 Å². The van der Waals surface area contributed by atoms with Crippen molar-refractivity contribution in [3.63, 3.8) is 0 Å². The van der Waals surface area contributed by atoms with Gasteiger partial charge < -0.3 is 9.84 Å². The van der Waals surface area contributed by atoms with Crippen LogP contribution in [-0.4, -0.2) is 28.2 Å². The standard InChI is InChI=1S/C11H13BrN4O/c1-2-13-4-3-10-15-11(16-17-10)8-5-9(12)7-14-6-8/h5-7,13H,2-4H2,1H3. The number of aromatic nitrogens is 3. The first-order chi connectivity index (χ1) is 8.29. The normalized spacial score (nSPS) is 10.7. The van der Waals surface area contributed by atoms with Crippen molar-refractivity contribution < 1.29 is 4.52 Å². The molecule has 0 bridgehead atoms. The molecule has 0 aromatic carbocycles. The van der Waals surface area contributed by atoms with Gasteiger partial charge in [0, 0.05) is 35.4 Å². The molecule has 2 aromatic rings. The number of rotatable bonds is 5. The van der Waals surface area contributed by atoms with Crippen LogP contribution in [0.1, 0.15) is 12.8 Å². The third kappa shape index (κ3) is 3.34. The molecule has 17 heavy (non-hydrogen) atoms. The summed E-state index contributed by atoms with van der Waals surface area (Å²) < 4.78 is 6.06. The zero-order valence-corrected chi connectivity index (χ0v) is 11.1. The van der Waals surface area contributed by atoms with E-state index in [1.165, 1.54) is 0 Å². The number of likely N-dealkylation sites (N-methyl/N-ethyl adjacent to an activating group) is 1. The van der Waals surface area contributed by atoms with Gasteiger partial charge in [0.1, 0.15) is 0 Å². The topological polar surface area (TPSA) is 63.8 Å². The molecule has 0 aliphatic heterocycles. The summed E-state index contributed by atoms with van der Waals surface area (Å²) in [5, 5.41) is 7.14. The highest BCUT2D eigenvalue weighted by atomic mass is 79.9. The maximum absolute atomic E-state index is 5.16. The van der Waals surface area contributed by atoms with Gasteiger partial charge in [0.05, 0.1) is 0 Å². The zero-order chi connectivity index (χ0) is 12.1. The average Bonchev–Trinajstić information content (AvgIpc) is 2.78. The highest BCUT2D eigenvalue weighted by Crippen LogP contribution is 2.18. The predicted octanol–water partition coefficient (Wildman–Crippen LogP) is 2.05. The molecule has 0 atom stereocenters. The van der Waals surface area contributed by atoms with Crippen LogP contribution in [0.3, 0.4) is 0 Å². The van der Waals surface area contributed by atoms with E-state index in [1.54, 1.807) is 12.4 Å². The summed E-state index contributed by atoms with van der Waals surface area (Å²) in [6, 6.07) is 1.91. The van der Waals surface area contributed by atoms with Crippen LogP contribution >= 0.6 is 15.9 Å². The minimum absolute atomic E-state index is 0.574. The Morgan fingerprint density at radius 1 is 1.41 bits per heavy atom. The fourth-order valence-electron chi connectivity index (χ4n) is 1.38. The van der Waals surface area contributed by atoms with Gasteiger partial charge in [-0.1, -0.05) is 12.1 Å². The zero-order valence-electron chi connectivity index (χ0n) is 9.48. The molecule has 0 amide bonds. The summed E-state index contributed by atoms with van der Waals surface area (Å²) in [7, 11) is 0. The molecular formula is C11H13BrN4O. The molecule has 0 fully saturated rings. The minimum Gasteiger partial charge on any atom is -0.339 e. The molecule has 2 aromatic heterocycles. The molecule has 5 nitrogen and oxygen atoms in total. The van der Waals surface area contributed by atoms with Gasteiger partial charge in [0.15, 0.2) is 0 Å². The monoisotopic (exact) mass is 296 g/mol. The second-order valence-electron chi connectivity index (χ2n) is 3.51. The van der Waals surface area contributed by atoms with Gasteiger partial charge in [0.25, 0.3) is 0 Å². The lowest BCUT2D eigenvalue weighted by Crippen LogP contribution is -2.16. The van der Waals surface area contributed by atoms with Crippen LogP contribution in [0.2, 0.25) is 0 Å². The number of hydrogen-bond donors (Lipinski definition) is 1. The summed E-state index contributed by atoms with van der Waals surface area (Å²) in [6.45, 7) is 3.85. The first-order valence-electron chi connectivity index (χ1n) is 5.44. The average molecular weight is 297 g/mol. The van der Waals surface area contributed by atoms with E-state index in [0.29, 0.717) is 11.7 Å². The Hall–Kier alpha value is -1.27. The van der Waals surface area contributed by atoms with Gasteiger partial charge in [-0.2, -0.15) is 4.98 Å². The first kappa shape index (κ1) is 12.2. The van der Waals surface area contributed by atoms with E-state index < -0.39 is 0 Å². The quantitative estimate of drug-likeness (QED) is 0.856. The SMILES string of the molecule is CCNCCc1nc(-c2cncc(Br)c2)no1. The largest absolute Gasteiger partial charge is 0.339 e. The highest BCUT2D eigenvalue weighted by Gasteiger charge is 2.08. The van der Waals surface area contributed by atoms with E-state index in [9.17, 15) is 0 Å². The molecule has 0 saturated carbocycles. The number of nitrogens with zero attached hydrogens (tertiary/aromatic N) is 3. The molecule has 0 unspecified atom stereocenters. The van der Waals surface area contributed by atoms with Crippen LogP contribution in [0.4, 0.5) is 0 Å². The Morgan fingerprint density at radius 3 is 3.06 bits per heavy atom. The molecule has 0 radical (unpaired) electrons. The molecule has 0 spiro atoms. The van der Waals surface area contributed by atoms with Crippen LogP contribution in [0.5, 0.6) is 0 Å². The number of halogens is 1. The Balaban J connectivity index is 2.07. The number of nitrogens with one attached hydrogen (secondary N) is 1. The molecule has 2 rings (SSSR count). The fraction of sp³-hybridized carbons (Fsp3) is 0.364. The van der Waals surface area contributed by atoms with Crippen molar-refractivity contribution in [2.24, 2.45) is 0 Å². The molecule has 2 heterocycles. The molecule has 0 saturated heterocycles. The van der Waals surface area contributed by atoms with Gasteiger partial charge in [-0.25, -0.2) is 0 Å². The van der Waals surface area contributed by atoms with Gasteiger partial charge >= 0.3 is 0 Å². The van der Waals surface area contributed by atoms with Gasteiger partial charge in [-0.15, -0.1) is 0 Å². The summed E-state index contributed by atoms with van der Waals surface area (Å²) in [5.41, 5.74) is 0.845. The maximum atomic E-state index is 5.16. The van der Waals surface area contributed by atoms with Crippen LogP contribution in [-0.2, 0) is 6.42 Å². The van der Waals surface area contributed by atoms with Crippen molar-refractivity contribution in [2.45, 2.75) is 13.3 Å². The molecule has 1 N–H and O–H groups in total. The second kappa shape index (κ2) is 5.88. The van der Waals surface area contributed by atoms with E-state index in [4.69, 9.17) is 4.52 Å². The van der Waals surface area contributed by atoms with Crippen molar-refractivity contribution in [1.82, 2.24) is 20.4 Å². The maximum Gasteiger partial charge on any atom is 0.228 e. The van der Waals surface area contributed by atoms with E-state index in [1.807, 2.05) is 6.07 Å². The smallest absolute Gasteiger partial charge is 0.228 e. The second-order valence-corrected chi connectivity index (χ2v) is 4.42. The van der Waals surface area contributed by atoms with Gasteiger partial charge in [-0.3, -0.25) is 4.98 Å². The molecular weight excluding hydrogens is 284 g/mol. The van der Waals surface area contributed by atoms with Crippen molar-refractivity contribution >= 4 is 15.9 Å². The molecule has 0 aliphatic carbocycles. The van der Waals surface area contributed by atoms with Gasteiger partial charge in [0.2, 0.25) is 11.7 Å². The lowest BCUT2D eigenvalue weighted by Gasteiger charge is -1.95. The minimum atomic E-state index is 0.574. The fourth-order valence-corrected chi connectivity index (χ4v) is 1.74. The summed E-state index contributed by atoms with van der Waals surface area (Å²) in [4.78, 5) is 8.38. The lowest BCUT2D eigenvalue weighted by molar-refractivity contribution is 0.377. The Morgan fingerprint density at radius 2 is 2.29 bits per heavy atom. The van der Waals surface area contributed by atoms with Crippen LogP contribution in [0.25, 0.3) is 11.4 Å². The van der Waals surface area contributed by atoms with Crippen molar-refractivity contribution in [3.8, 4) is 11.4 Å². The van der Waals surface area contributed by atoms with Crippen LogP contribution in [0.15, 0.2) is 27.5 Å². The van der Waals surface area contributed by atoms with Gasteiger partial charge in [-0.05, 0) is 28.5 Å². The third-order valence-corrected chi connectivity index (χ3v) is 2.63. The van der Waals surface area contributed by atoms with Crippen LogP contribution in [0, 0.1) is 0 Å². The van der Waals surface area contributed by atoms with E-state index in [-0.39, 0.29) is 0 Å².